The maximum absolute atomic E-state index is 12.5. The van der Waals surface area contributed by atoms with E-state index in [1.807, 2.05) is 0 Å². The molecule has 0 spiro atoms. The Bertz CT molecular complexity index is 279. The van der Waals surface area contributed by atoms with E-state index < -0.39 is 0 Å². The van der Waals surface area contributed by atoms with Crippen molar-refractivity contribution < 1.29 is 4.79 Å². The van der Waals surface area contributed by atoms with Crippen molar-refractivity contribution in [3.8, 4) is 0 Å². The molecule has 17 heavy (non-hydrogen) atoms. The van der Waals surface area contributed by atoms with Crippen molar-refractivity contribution >= 4 is 5.91 Å². The molecule has 2 aliphatic rings. The molecule has 0 radical (unpaired) electrons. The fourth-order valence-corrected chi connectivity index (χ4v) is 3.31. The average Bonchev–Trinajstić information content (AvgIpc) is 2.31. The lowest BCUT2D eigenvalue weighted by atomic mass is 9.78. The lowest BCUT2D eigenvalue weighted by Crippen LogP contribution is -2.49. The Balaban J connectivity index is 1.97. The van der Waals surface area contributed by atoms with Gasteiger partial charge in [-0.3, -0.25) is 4.79 Å². The van der Waals surface area contributed by atoms with E-state index in [9.17, 15) is 4.79 Å². The van der Waals surface area contributed by atoms with Gasteiger partial charge in [-0.1, -0.05) is 13.8 Å². The number of piperidine rings is 1. The lowest BCUT2D eigenvalue weighted by molar-refractivity contribution is -0.139. The first-order valence-electron chi connectivity index (χ1n) is 7.12. The molecule has 0 aromatic carbocycles. The topological polar surface area (TPSA) is 46.3 Å². The standard InChI is InChI=1S/C14H26N2O/c1-10-5-6-13(15)12(8-10)14(17)16-7-3-4-11(2)9-16/h10-13H,3-9,15H2,1-2H3. The van der Waals surface area contributed by atoms with Gasteiger partial charge in [-0.25, -0.2) is 0 Å². The van der Waals surface area contributed by atoms with Crippen LogP contribution in [0.3, 0.4) is 0 Å². The number of nitrogens with zero attached hydrogens (tertiary/aromatic N) is 1. The van der Waals surface area contributed by atoms with Crippen LogP contribution < -0.4 is 5.73 Å². The number of carbonyl (C=O) groups excluding carboxylic acids is 1. The molecule has 1 aliphatic heterocycles. The van der Waals surface area contributed by atoms with E-state index in [1.165, 1.54) is 12.8 Å². The molecule has 0 aromatic heterocycles. The van der Waals surface area contributed by atoms with E-state index in [1.54, 1.807) is 0 Å². The molecule has 98 valence electrons. The Labute approximate surface area is 105 Å². The van der Waals surface area contributed by atoms with Crippen LogP contribution >= 0.6 is 0 Å². The van der Waals surface area contributed by atoms with Gasteiger partial charge < -0.3 is 10.6 Å². The summed E-state index contributed by atoms with van der Waals surface area (Å²) in [5, 5.41) is 0. The highest BCUT2D eigenvalue weighted by Gasteiger charge is 2.35. The van der Waals surface area contributed by atoms with Crippen LogP contribution in [0, 0.1) is 17.8 Å². The number of hydrogen-bond donors (Lipinski definition) is 1. The second-order valence-electron chi connectivity index (χ2n) is 6.22. The molecule has 3 heteroatoms. The number of hydrogen-bond acceptors (Lipinski definition) is 2. The molecular weight excluding hydrogens is 212 g/mol. The monoisotopic (exact) mass is 238 g/mol. The zero-order valence-corrected chi connectivity index (χ0v) is 11.2. The molecule has 0 aromatic rings. The van der Waals surface area contributed by atoms with Crippen LogP contribution in [-0.4, -0.2) is 29.9 Å². The molecule has 4 atom stereocenters. The van der Waals surface area contributed by atoms with Gasteiger partial charge in [0.25, 0.3) is 0 Å². The highest BCUT2D eigenvalue weighted by Crippen LogP contribution is 2.30. The minimum Gasteiger partial charge on any atom is -0.342 e. The van der Waals surface area contributed by atoms with Crippen LogP contribution in [0.1, 0.15) is 46.0 Å². The molecule has 0 bridgehead atoms. The summed E-state index contributed by atoms with van der Waals surface area (Å²) in [4.78, 5) is 14.6. The summed E-state index contributed by atoms with van der Waals surface area (Å²) < 4.78 is 0. The Hall–Kier alpha value is -0.570. The number of carbonyl (C=O) groups is 1. The van der Waals surface area contributed by atoms with Gasteiger partial charge in [0.05, 0.1) is 5.92 Å². The van der Waals surface area contributed by atoms with Crippen LogP contribution in [0.4, 0.5) is 0 Å². The molecule has 1 aliphatic carbocycles. The van der Waals surface area contributed by atoms with Gasteiger partial charge in [0.15, 0.2) is 0 Å². The van der Waals surface area contributed by atoms with E-state index in [0.29, 0.717) is 17.7 Å². The number of amides is 1. The van der Waals surface area contributed by atoms with Crippen molar-refractivity contribution in [1.29, 1.82) is 0 Å². The van der Waals surface area contributed by atoms with Gasteiger partial charge >= 0.3 is 0 Å². The van der Waals surface area contributed by atoms with Crippen LogP contribution in [0.2, 0.25) is 0 Å². The molecule has 3 nitrogen and oxygen atoms in total. The van der Waals surface area contributed by atoms with Gasteiger partial charge in [0.2, 0.25) is 5.91 Å². The summed E-state index contributed by atoms with van der Waals surface area (Å²) in [5.41, 5.74) is 6.14. The van der Waals surface area contributed by atoms with Gasteiger partial charge in [0, 0.05) is 19.1 Å². The maximum atomic E-state index is 12.5. The smallest absolute Gasteiger partial charge is 0.227 e. The van der Waals surface area contributed by atoms with Crippen LogP contribution in [-0.2, 0) is 4.79 Å². The lowest BCUT2D eigenvalue weighted by Gasteiger charge is -2.38. The highest BCUT2D eigenvalue weighted by molar-refractivity contribution is 5.79. The summed E-state index contributed by atoms with van der Waals surface area (Å²) in [6, 6.07) is 0.0935. The summed E-state index contributed by atoms with van der Waals surface area (Å²) in [7, 11) is 0. The predicted octanol–water partition coefficient (Wildman–Crippen LogP) is 2.01. The van der Waals surface area contributed by atoms with E-state index in [2.05, 4.69) is 18.7 Å². The SMILES string of the molecule is CC1CCC(N)C(C(=O)N2CCCC(C)C2)C1. The van der Waals surface area contributed by atoms with Gasteiger partial charge in [-0.15, -0.1) is 0 Å². The Kier molecular flexibility index (Phi) is 4.08. The van der Waals surface area contributed by atoms with Crippen molar-refractivity contribution in [3.63, 3.8) is 0 Å². The highest BCUT2D eigenvalue weighted by atomic mass is 16.2. The second-order valence-corrected chi connectivity index (χ2v) is 6.22. The zero-order chi connectivity index (χ0) is 12.4. The maximum Gasteiger partial charge on any atom is 0.227 e. The molecule has 2 rings (SSSR count). The first-order valence-corrected chi connectivity index (χ1v) is 7.12. The van der Waals surface area contributed by atoms with Crippen molar-refractivity contribution in [2.75, 3.05) is 13.1 Å². The van der Waals surface area contributed by atoms with Crippen LogP contribution in [0.15, 0.2) is 0 Å². The van der Waals surface area contributed by atoms with Crippen molar-refractivity contribution in [3.05, 3.63) is 0 Å². The summed E-state index contributed by atoms with van der Waals surface area (Å²) in [6.07, 6.45) is 5.61. The summed E-state index contributed by atoms with van der Waals surface area (Å²) >= 11 is 0. The molecule has 1 heterocycles. The summed E-state index contributed by atoms with van der Waals surface area (Å²) in [6.45, 7) is 6.37. The molecule has 2 N–H and O–H groups in total. The number of likely N-dealkylation sites (tertiary alicyclic amines) is 1. The predicted molar refractivity (Wildman–Crippen MR) is 69.5 cm³/mol. The van der Waals surface area contributed by atoms with Crippen molar-refractivity contribution in [1.82, 2.24) is 4.90 Å². The van der Waals surface area contributed by atoms with E-state index in [0.717, 1.165) is 32.4 Å². The van der Waals surface area contributed by atoms with E-state index in [4.69, 9.17) is 5.73 Å². The number of rotatable bonds is 1. The van der Waals surface area contributed by atoms with Gasteiger partial charge in [-0.05, 0) is 43.9 Å². The third kappa shape index (κ3) is 3.01. The first kappa shape index (κ1) is 12.9. The van der Waals surface area contributed by atoms with E-state index >= 15 is 0 Å². The van der Waals surface area contributed by atoms with Gasteiger partial charge in [0.1, 0.15) is 0 Å². The molecule has 4 unspecified atom stereocenters. The first-order chi connectivity index (χ1) is 8.08. The van der Waals surface area contributed by atoms with Gasteiger partial charge in [-0.2, -0.15) is 0 Å². The molecule has 1 saturated heterocycles. The normalized spacial score (nSPS) is 39.1. The third-order valence-corrected chi connectivity index (χ3v) is 4.45. The van der Waals surface area contributed by atoms with Crippen LogP contribution in [0.5, 0.6) is 0 Å². The fraction of sp³-hybridized carbons (Fsp3) is 0.929. The molecule has 2 fully saturated rings. The average molecular weight is 238 g/mol. The zero-order valence-electron chi connectivity index (χ0n) is 11.2. The van der Waals surface area contributed by atoms with E-state index in [-0.39, 0.29) is 12.0 Å². The van der Waals surface area contributed by atoms with Crippen molar-refractivity contribution in [2.24, 2.45) is 23.5 Å². The Morgan fingerprint density at radius 1 is 1.18 bits per heavy atom. The minimum absolute atomic E-state index is 0.0871. The molecule has 1 saturated carbocycles. The van der Waals surface area contributed by atoms with Crippen molar-refractivity contribution in [2.45, 2.75) is 52.0 Å². The Morgan fingerprint density at radius 3 is 2.65 bits per heavy atom. The summed E-state index contributed by atoms with van der Waals surface area (Å²) in [5.74, 6) is 1.73. The molecule has 1 amide bonds. The Morgan fingerprint density at radius 2 is 1.94 bits per heavy atom. The molecular formula is C14H26N2O. The number of nitrogens with two attached hydrogens (primary N) is 1. The minimum atomic E-state index is 0.0871. The quantitative estimate of drug-likeness (QED) is 0.759. The third-order valence-electron chi connectivity index (χ3n) is 4.45. The second kappa shape index (κ2) is 5.38. The largest absolute Gasteiger partial charge is 0.342 e. The van der Waals surface area contributed by atoms with Crippen LogP contribution in [0.25, 0.3) is 0 Å². The fourth-order valence-electron chi connectivity index (χ4n) is 3.31.